The lowest BCUT2D eigenvalue weighted by atomic mass is 10.0. The number of hydrogen-bond donors (Lipinski definition) is 3. The lowest BCUT2D eigenvalue weighted by Gasteiger charge is -2.04. The molecule has 0 radical (unpaired) electrons. The second-order valence-corrected chi connectivity index (χ2v) is 8.78. The predicted molar refractivity (Wildman–Crippen MR) is 124 cm³/mol. The average molecular weight is 417 g/mol. The Kier molecular flexibility index (Phi) is 28.9. The van der Waals surface area contributed by atoms with Gasteiger partial charge >= 0.3 is 5.97 Å². The summed E-state index contributed by atoms with van der Waals surface area (Å²) < 4.78 is 0. The average Bonchev–Trinajstić information content (AvgIpc) is 2.68. The molecule has 0 unspecified atom stereocenters. The molecule has 29 heavy (non-hydrogen) atoms. The highest BCUT2D eigenvalue weighted by atomic mass is 16.4. The first-order chi connectivity index (χ1) is 14.0. The van der Waals surface area contributed by atoms with Gasteiger partial charge in [0, 0.05) is 19.6 Å². The van der Waals surface area contributed by atoms with Crippen molar-refractivity contribution in [2.24, 2.45) is 5.92 Å². The van der Waals surface area contributed by atoms with Gasteiger partial charge in [-0.25, -0.2) is 0 Å². The van der Waals surface area contributed by atoms with Crippen LogP contribution < -0.4 is 0 Å². The number of carboxylic acid groups (broad SMARTS) is 1. The molecule has 0 saturated carbocycles. The van der Waals surface area contributed by atoms with Gasteiger partial charge in [-0.1, -0.05) is 110 Å². The summed E-state index contributed by atoms with van der Waals surface area (Å²) in [6, 6.07) is 0. The van der Waals surface area contributed by atoms with Crippen molar-refractivity contribution in [2.45, 2.75) is 136 Å². The number of aliphatic hydroxyl groups excluding tert-OH is 2. The molecule has 0 heterocycles. The molecule has 176 valence electrons. The maximum absolute atomic E-state index is 10.2. The minimum atomic E-state index is -0.660. The van der Waals surface area contributed by atoms with E-state index in [1.54, 1.807) is 0 Å². The molecule has 0 saturated heterocycles. The van der Waals surface area contributed by atoms with Gasteiger partial charge in [0.15, 0.2) is 0 Å². The normalized spacial score (nSPS) is 10.8. The van der Waals surface area contributed by atoms with E-state index in [1.807, 2.05) is 0 Å². The van der Waals surface area contributed by atoms with Crippen LogP contribution in [-0.4, -0.2) is 34.5 Å². The largest absolute Gasteiger partial charge is 0.481 e. The Morgan fingerprint density at radius 2 is 0.862 bits per heavy atom. The number of unbranched alkanes of at least 4 members (excludes halogenated alkanes) is 15. The highest BCUT2D eigenvalue weighted by Gasteiger charge is 1.97. The van der Waals surface area contributed by atoms with Crippen molar-refractivity contribution >= 4 is 5.97 Å². The second kappa shape index (κ2) is 27.4. The predicted octanol–water partition coefficient (Wildman–Crippen LogP) is 7.11. The Hall–Kier alpha value is -0.610. The smallest absolute Gasteiger partial charge is 0.303 e. The minimum absolute atomic E-state index is 0.341. The molecule has 3 N–H and O–H groups in total. The number of carbonyl (C=O) groups is 1. The molecule has 0 atom stereocenters. The summed E-state index contributed by atoms with van der Waals surface area (Å²) in [6.07, 6.45) is 22.3. The van der Waals surface area contributed by atoms with Crippen LogP contribution in [0.5, 0.6) is 0 Å². The van der Waals surface area contributed by atoms with Gasteiger partial charge in [0.05, 0.1) is 0 Å². The van der Waals surface area contributed by atoms with Crippen LogP contribution in [0.3, 0.4) is 0 Å². The summed E-state index contributed by atoms with van der Waals surface area (Å²) >= 11 is 0. The number of aliphatic hydroxyl groups is 2. The quantitative estimate of drug-likeness (QED) is 0.174. The van der Waals surface area contributed by atoms with Gasteiger partial charge in [-0.05, 0) is 25.2 Å². The molecule has 0 aromatic carbocycles. The molecule has 4 nitrogen and oxygen atoms in total. The molecule has 0 amide bonds. The van der Waals surface area contributed by atoms with Crippen LogP contribution in [-0.2, 0) is 4.79 Å². The van der Waals surface area contributed by atoms with E-state index in [4.69, 9.17) is 15.3 Å². The molecule has 0 fully saturated rings. The van der Waals surface area contributed by atoms with Gasteiger partial charge < -0.3 is 15.3 Å². The van der Waals surface area contributed by atoms with Crippen molar-refractivity contribution < 1.29 is 20.1 Å². The number of hydrogen-bond acceptors (Lipinski definition) is 3. The third kappa shape index (κ3) is 35.2. The van der Waals surface area contributed by atoms with E-state index in [2.05, 4.69) is 13.8 Å². The lowest BCUT2D eigenvalue weighted by molar-refractivity contribution is -0.137. The molecular weight excluding hydrogens is 364 g/mol. The Labute approximate surface area is 181 Å². The number of rotatable bonds is 21. The van der Waals surface area contributed by atoms with E-state index >= 15 is 0 Å². The van der Waals surface area contributed by atoms with Crippen molar-refractivity contribution in [1.29, 1.82) is 0 Å². The number of carboxylic acids is 1. The van der Waals surface area contributed by atoms with Gasteiger partial charge in [-0.15, -0.1) is 0 Å². The first-order valence-electron chi connectivity index (χ1n) is 12.5. The molecule has 0 spiro atoms. The van der Waals surface area contributed by atoms with E-state index in [0.29, 0.717) is 19.6 Å². The van der Waals surface area contributed by atoms with Crippen LogP contribution in [0.4, 0.5) is 0 Å². The van der Waals surface area contributed by atoms with Crippen LogP contribution in [0.2, 0.25) is 0 Å². The summed E-state index contributed by atoms with van der Waals surface area (Å²) in [5, 5.41) is 25.6. The summed E-state index contributed by atoms with van der Waals surface area (Å²) in [7, 11) is 0. The first-order valence-corrected chi connectivity index (χ1v) is 12.5. The topological polar surface area (TPSA) is 77.8 Å². The van der Waals surface area contributed by atoms with Crippen LogP contribution in [0, 0.1) is 5.92 Å². The highest BCUT2D eigenvalue weighted by Crippen LogP contribution is 2.12. The van der Waals surface area contributed by atoms with Gasteiger partial charge in [-0.2, -0.15) is 0 Å². The van der Waals surface area contributed by atoms with E-state index in [0.717, 1.165) is 31.6 Å². The van der Waals surface area contributed by atoms with Gasteiger partial charge in [0.2, 0.25) is 0 Å². The molecule has 0 bridgehead atoms. The van der Waals surface area contributed by atoms with E-state index in [-0.39, 0.29) is 0 Å². The summed E-state index contributed by atoms with van der Waals surface area (Å²) in [5.41, 5.74) is 0. The van der Waals surface area contributed by atoms with E-state index < -0.39 is 5.97 Å². The van der Waals surface area contributed by atoms with Crippen LogP contribution >= 0.6 is 0 Å². The summed E-state index contributed by atoms with van der Waals surface area (Å²) in [6.45, 7) is 5.24. The minimum Gasteiger partial charge on any atom is -0.481 e. The SMILES string of the molecule is CC(C)CCCCCCCCCC(=O)O.OCCCCCCCCCCCCO. The molecule has 0 aliphatic carbocycles. The molecule has 0 aromatic rings. The number of aliphatic carboxylic acids is 1. The Balaban J connectivity index is 0. The van der Waals surface area contributed by atoms with Crippen molar-refractivity contribution in [3.63, 3.8) is 0 Å². The molecule has 0 aromatic heterocycles. The fourth-order valence-corrected chi connectivity index (χ4v) is 3.35. The zero-order chi connectivity index (χ0) is 22.0. The Bertz CT molecular complexity index is 293. The standard InChI is InChI=1S/C13H26O2.C12H26O2/c1-12(2)10-8-6-4-3-5-7-9-11-13(14)15;13-11-9-7-5-3-1-2-4-6-8-10-12-14/h12H,3-11H2,1-2H3,(H,14,15);13-14H,1-12H2. The fraction of sp³-hybridized carbons (Fsp3) is 0.960. The van der Waals surface area contributed by atoms with Crippen LogP contribution in [0.25, 0.3) is 0 Å². The maximum Gasteiger partial charge on any atom is 0.303 e. The monoisotopic (exact) mass is 416 g/mol. The van der Waals surface area contributed by atoms with Crippen molar-refractivity contribution in [2.75, 3.05) is 13.2 Å². The Morgan fingerprint density at radius 3 is 1.17 bits per heavy atom. The van der Waals surface area contributed by atoms with E-state index in [1.165, 1.54) is 89.9 Å². The molecule has 0 aliphatic rings. The first kappa shape index (κ1) is 30.6. The Morgan fingerprint density at radius 1 is 0.552 bits per heavy atom. The molecule has 0 rings (SSSR count). The van der Waals surface area contributed by atoms with Crippen LogP contribution in [0.1, 0.15) is 136 Å². The van der Waals surface area contributed by atoms with E-state index in [9.17, 15) is 4.79 Å². The highest BCUT2D eigenvalue weighted by molar-refractivity contribution is 5.66. The van der Waals surface area contributed by atoms with Crippen molar-refractivity contribution in [1.82, 2.24) is 0 Å². The van der Waals surface area contributed by atoms with Gasteiger partial charge in [0.25, 0.3) is 0 Å². The molecule has 4 heteroatoms. The van der Waals surface area contributed by atoms with Crippen molar-refractivity contribution in [3.05, 3.63) is 0 Å². The van der Waals surface area contributed by atoms with Crippen LogP contribution in [0.15, 0.2) is 0 Å². The zero-order valence-corrected chi connectivity index (χ0v) is 19.7. The zero-order valence-electron chi connectivity index (χ0n) is 19.7. The maximum atomic E-state index is 10.2. The molecule has 0 aliphatic heterocycles. The lowest BCUT2D eigenvalue weighted by Crippen LogP contribution is -1.93. The fourth-order valence-electron chi connectivity index (χ4n) is 3.35. The second-order valence-electron chi connectivity index (χ2n) is 8.78. The summed E-state index contributed by atoms with van der Waals surface area (Å²) in [5.74, 6) is 0.174. The third-order valence-electron chi connectivity index (χ3n) is 5.24. The van der Waals surface area contributed by atoms with Gasteiger partial charge in [0.1, 0.15) is 0 Å². The van der Waals surface area contributed by atoms with Crippen molar-refractivity contribution in [3.8, 4) is 0 Å². The molecular formula is C25H52O4. The summed E-state index contributed by atoms with van der Waals surface area (Å²) in [4.78, 5) is 10.2. The van der Waals surface area contributed by atoms with Gasteiger partial charge in [-0.3, -0.25) is 4.79 Å². The third-order valence-corrected chi connectivity index (χ3v) is 5.24.